The number of hydrogen-bond acceptors (Lipinski definition) is 4. The number of hydrogen-bond donors (Lipinski definition) is 1. The van der Waals surface area contributed by atoms with Gasteiger partial charge in [0.2, 0.25) is 0 Å². The summed E-state index contributed by atoms with van der Waals surface area (Å²) in [7, 11) is 0. The molecule has 1 rings (SSSR count). The molecule has 1 aromatic rings. The van der Waals surface area contributed by atoms with Gasteiger partial charge in [-0.25, -0.2) is 0 Å². The highest BCUT2D eigenvalue weighted by molar-refractivity contribution is 9.10. The van der Waals surface area contributed by atoms with Gasteiger partial charge in [-0.15, -0.1) is 0 Å². The maximum atomic E-state index is 9.25. The largest absolute Gasteiger partial charge is 0.345 e. The van der Waals surface area contributed by atoms with Crippen LogP contribution in [-0.4, -0.2) is 0 Å². The van der Waals surface area contributed by atoms with Crippen molar-refractivity contribution in [1.82, 2.24) is 0 Å². The predicted octanol–water partition coefficient (Wildman–Crippen LogP) is 4.93. The summed E-state index contributed by atoms with van der Waals surface area (Å²) in [5.41, 5.74) is 2.63. The van der Waals surface area contributed by atoms with Crippen molar-refractivity contribution in [2.75, 3.05) is 5.32 Å². The van der Waals surface area contributed by atoms with Crippen LogP contribution in [0.2, 0.25) is 0 Å². The lowest BCUT2D eigenvalue weighted by atomic mass is 9.92. The van der Waals surface area contributed by atoms with E-state index in [1.54, 1.807) is 12.1 Å². The first kappa shape index (κ1) is 17.8. The van der Waals surface area contributed by atoms with Gasteiger partial charge in [0.25, 0.3) is 0 Å². The molecule has 0 unspecified atom stereocenters. The van der Waals surface area contributed by atoms with Crippen LogP contribution in [0.1, 0.15) is 50.7 Å². The minimum absolute atomic E-state index is 0.0175. The standard InChI is InChI=1S/C17H17BrN4/c1-10(2)14-5-13(18)6-15(11(3)4)17(14)22-16(9-21)12(7-19)8-20/h5-6,10-11,22H,1-4H3. The minimum atomic E-state index is -0.213. The van der Waals surface area contributed by atoms with Gasteiger partial charge in [0.1, 0.15) is 23.9 Å². The number of nitrogens with zero attached hydrogens (tertiary/aromatic N) is 3. The quantitative estimate of drug-likeness (QED) is 0.774. The molecule has 4 nitrogen and oxygen atoms in total. The molecule has 112 valence electrons. The fraction of sp³-hybridized carbons (Fsp3) is 0.353. The van der Waals surface area contributed by atoms with E-state index in [2.05, 4.69) is 48.9 Å². The molecule has 1 N–H and O–H groups in total. The summed E-state index contributed by atoms with van der Waals surface area (Å²) in [6.07, 6.45) is 0. The fourth-order valence-electron chi connectivity index (χ4n) is 2.11. The van der Waals surface area contributed by atoms with Crippen LogP contribution in [-0.2, 0) is 0 Å². The molecule has 0 saturated carbocycles. The molecule has 1 aromatic carbocycles. The minimum Gasteiger partial charge on any atom is -0.345 e. The molecule has 0 aliphatic carbocycles. The maximum absolute atomic E-state index is 9.25. The molecule has 0 atom stereocenters. The van der Waals surface area contributed by atoms with Gasteiger partial charge in [-0.05, 0) is 35.1 Å². The van der Waals surface area contributed by atoms with Crippen LogP contribution in [0.25, 0.3) is 0 Å². The van der Waals surface area contributed by atoms with Gasteiger partial charge in [-0.1, -0.05) is 43.6 Å². The number of anilines is 1. The van der Waals surface area contributed by atoms with E-state index in [4.69, 9.17) is 10.5 Å². The molecule has 22 heavy (non-hydrogen) atoms. The van der Waals surface area contributed by atoms with Crippen LogP contribution >= 0.6 is 15.9 Å². The van der Waals surface area contributed by atoms with Crippen molar-refractivity contribution >= 4 is 21.6 Å². The number of benzene rings is 1. The first-order valence-electron chi connectivity index (χ1n) is 6.90. The zero-order valence-electron chi connectivity index (χ0n) is 13.0. The van der Waals surface area contributed by atoms with E-state index in [-0.39, 0.29) is 23.1 Å². The second kappa shape index (κ2) is 7.64. The Balaban J connectivity index is 3.60. The SMILES string of the molecule is CC(C)c1cc(Br)cc(C(C)C)c1NC(C#N)=C(C#N)C#N. The number of halogens is 1. The highest BCUT2D eigenvalue weighted by atomic mass is 79.9. The molecule has 0 heterocycles. The van der Waals surface area contributed by atoms with Gasteiger partial charge < -0.3 is 5.32 Å². The maximum Gasteiger partial charge on any atom is 0.163 e. The molecule has 0 fully saturated rings. The smallest absolute Gasteiger partial charge is 0.163 e. The normalized spacial score (nSPS) is 9.82. The lowest BCUT2D eigenvalue weighted by Gasteiger charge is -2.21. The van der Waals surface area contributed by atoms with Crippen molar-refractivity contribution in [2.45, 2.75) is 39.5 Å². The third-order valence-corrected chi connectivity index (χ3v) is 3.70. The molecule has 0 aromatic heterocycles. The van der Waals surface area contributed by atoms with Gasteiger partial charge in [0.15, 0.2) is 5.57 Å². The van der Waals surface area contributed by atoms with Crippen LogP contribution in [0.15, 0.2) is 27.9 Å². The van der Waals surface area contributed by atoms with E-state index in [9.17, 15) is 5.26 Å². The summed E-state index contributed by atoms with van der Waals surface area (Å²) >= 11 is 3.51. The first-order chi connectivity index (χ1) is 10.3. The third kappa shape index (κ3) is 3.88. The van der Waals surface area contributed by atoms with E-state index < -0.39 is 0 Å². The molecule has 0 spiro atoms. The zero-order chi connectivity index (χ0) is 16.9. The molecule has 0 saturated heterocycles. The van der Waals surface area contributed by atoms with Gasteiger partial charge in [0.05, 0.1) is 0 Å². The predicted molar refractivity (Wildman–Crippen MR) is 89.8 cm³/mol. The monoisotopic (exact) mass is 356 g/mol. The average molecular weight is 357 g/mol. The Hall–Kier alpha value is -2.29. The van der Waals surface area contributed by atoms with Gasteiger partial charge in [-0.3, -0.25) is 0 Å². The molecule has 0 bridgehead atoms. The van der Waals surface area contributed by atoms with E-state index in [0.717, 1.165) is 21.3 Å². The molecule has 0 amide bonds. The Morgan fingerprint density at radius 3 is 1.73 bits per heavy atom. The first-order valence-corrected chi connectivity index (χ1v) is 7.69. The van der Waals surface area contributed by atoms with E-state index in [1.807, 2.05) is 18.2 Å². The van der Waals surface area contributed by atoms with Gasteiger partial charge in [0, 0.05) is 10.2 Å². The van der Waals surface area contributed by atoms with Crippen molar-refractivity contribution in [3.8, 4) is 18.2 Å². The summed E-state index contributed by atoms with van der Waals surface area (Å²) in [5.74, 6) is 0.454. The Morgan fingerprint density at radius 1 is 0.955 bits per heavy atom. The Bertz CT molecular complexity index is 679. The topological polar surface area (TPSA) is 83.4 Å². The lowest BCUT2D eigenvalue weighted by Crippen LogP contribution is -2.08. The Kier molecular flexibility index (Phi) is 6.17. The number of nitriles is 3. The summed E-state index contributed by atoms with van der Waals surface area (Å²) < 4.78 is 0.966. The lowest BCUT2D eigenvalue weighted by molar-refractivity contribution is 0.836. The Labute approximate surface area is 139 Å². The highest BCUT2D eigenvalue weighted by Crippen LogP contribution is 2.36. The number of rotatable bonds is 4. The van der Waals surface area contributed by atoms with E-state index in [1.165, 1.54) is 0 Å². The zero-order valence-corrected chi connectivity index (χ0v) is 14.6. The molecule has 5 heteroatoms. The van der Waals surface area contributed by atoms with Crippen molar-refractivity contribution < 1.29 is 0 Å². The second-order valence-corrected chi connectivity index (χ2v) is 6.39. The Morgan fingerprint density at radius 2 is 1.41 bits per heavy atom. The molecule has 0 aliphatic heterocycles. The van der Waals surface area contributed by atoms with E-state index in [0.29, 0.717) is 0 Å². The third-order valence-electron chi connectivity index (χ3n) is 3.24. The van der Waals surface area contributed by atoms with Gasteiger partial charge in [-0.2, -0.15) is 15.8 Å². The van der Waals surface area contributed by atoms with Gasteiger partial charge >= 0.3 is 0 Å². The highest BCUT2D eigenvalue weighted by Gasteiger charge is 2.17. The number of allylic oxidation sites excluding steroid dienone is 2. The summed E-state index contributed by atoms with van der Waals surface area (Å²) in [4.78, 5) is 0. The van der Waals surface area contributed by atoms with E-state index >= 15 is 0 Å². The average Bonchev–Trinajstić information content (AvgIpc) is 2.47. The van der Waals surface area contributed by atoms with Crippen LogP contribution in [0, 0.1) is 34.0 Å². The summed E-state index contributed by atoms with van der Waals surface area (Å²) in [5, 5.41) is 30.2. The van der Waals surface area contributed by atoms with Crippen LogP contribution in [0.3, 0.4) is 0 Å². The second-order valence-electron chi connectivity index (χ2n) is 5.48. The summed E-state index contributed by atoms with van der Waals surface area (Å²) in [6.45, 7) is 8.23. The molecule has 0 radical (unpaired) electrons. The van der Waals surface area contributed by atoms with Crippen LogP contribution in [0.4, 0.5) is 5.69 Å². The van der Waals surface area contributed by atoms with Crippen molar-refractivity contribution in [3.63, 3.8) is 0 Å². The van der Waals surface area contributed by atoms with Crippen LogP contribution in [0.5, 0.6) is 0 Å². The molecule has 0 aliphatic rings. The van der Waals surface area contributed by atoms with Crippen molar-refractivity contribution in [1.29, 1.82) is 15.8 Å². The van der Waals surface area contributed by atoms with Crippen LogP contribution < -0.4 is 5.32 Å². The molecular weight excluding hydrogens is 340 g/mol. The molecular formula is C17H17BrN4. The van der Waals surface area contributed by atoms with Crippen molar-refractivity contribution in [2.24, 2.45) is 0 Å². The summed E-state index contributed by atoms with van der Waals surface area (Å²) in [6, 6.07) is 9.41. The van der Waals surface area contributed by atoms with Crippen molar-refractivity contribution in [3.05, 3.63) is 39.0 Å². The number of nitrogens with one attached hydrogen (secondary N) is 1. The fourth-order valence-corrected chi connectivity index (χ4v) is 2.61.